The third-order valence-corrected chi connectivity index (χ3v) is 3.07. The van der Waals surface area contributed by atoms with Crippen molar-refractivity contribution in [3.63, 3.8) is 0 Å². The molecule has 0 radical (unpaired) electrons. The number of rotatable bonds is 4. The molecule has 1 fully saturated rings. The molecule has 1 rings (SSSR count). The minimum atomic E-state index is -4.86. The van der Waals surface area contributed by atoms with Gasteiger partial charge < -0.3 is 17.8 Å². The van der Waals surface area contributed by atoms with Gasteiger partial charge in [-0.15, -0.1) is 12.1 Å². The van der Waals surface area contributed by atoms with Gasteiger partial charge in [0.15, 0.2) is 0 Å². The van der Waals surface area contributed by atoms with E-state index in [9.17, 15) is 12.9 Å². The molecule has 0 amide bonds. The minimum Gasteiger partial charge on any atom is -0.445 e. The number of halogens is 3. The SMILES string of the molecule is C=C(CN1CCCC(CC)C1)[B-](F)(F)F.[K+]. The van der Waals surface area contributed by atoms with Gasteiger partial charge in [-0.3, -0.25) is 0 Å². The van der Waals surface area contributed by atoms with Crippen LogP contribution in [0.5, 0.6) is 0 Å². The Hall–Kier alpha value is 1.19. The van der Waals surface area contributed by atoms with Gasteiger partial charge >= 0.3 is 58.4 Å². The second-order valence-electron chi connectivity index (χ2n) is 4.38. The van der Waals surface area contributed by atoms with Crippen LogP contribution in [0.2, 0.25) is 0 Å². The van der Waals surface area contributed by atoms with Crippen LogP contribution < -0.4 is 51.4 Å². The van der Waals surface area contributed by atoms with Crippen LogP contribution >= 0.6 is 0 Å². The van der Waals surface area contributed by atoms with E-state index in [1.54, 1.807) is 0 Å². The maximum atomic E-state index is 12.3. The van der Waals surface area contributed by atoms with Crippen LogP contribution in [0.1, 0.15) is 26.2 Å². The number of piperidine rings is 1. The normalized spacial score (nSPS) is 22.6. The summed E-state index contributed by atoms with van der Waals surface area (Å²) in [5.41, 5.74) is -0.563. The molecule has 88 valence electrons. The van der Waals surface area contributed by atoms with E-state index in [1.807, 2.05) is 4.90 Å². The molecule has 0 aromatic carbocycles. The van der Waals surface area contributed by atoms with Crippen molar-refractivity contribution in [3.8, 4) is 0 Å². The van der Waals surface area contributed by atoms with E-state index >= 15 is 0 Å². The second-order valence-corrected chi connectivity index (χ2v) is 4.38. The third kappa shape index (κ3) is 5.69. The first-order valence-electron chi connectivity index (χ1n) is 5.53. The van der Waals surface area contributed by atoms with E-state index in [0.29, 0.717) is 5.92 Å². The van der Waals surface area contributed by atoms with Gasteiger partial charge in [0.25, 0.3) is 0 Å². The maximum Gasteiger partial charge on any atom is 1.00 e. The van der Waals surface area contributed by atoms with Gasteiger partial charge in [-0.05, 0) is 31.8 Å². The fourth-order valence-corrected chi connectivity index (χ4v) is 2.02. The van der Waals surface area contributed by atoms with E-state index < -0.39 is 12.4 Å². The standard InChI is InChI=1S/C10H18BF3N.K/c1-3-10-5-4-6-15(8-10)7-9(2)11(12,13)14;/h10H,2-8H2,1H3;/q-1;+1. The van der Waals surface area contributed by atoms with Crippen LogP contribution in [0, 0.1) is 5.92 Å². The van der Waals surface area contributed by atoms with Gasteiger partial charge in [-0.2, -0.15) is 0 Å². The summed E-state index contributed by atoms with van der Waals surface area (Å²) in [6.07, 6.45) is 3.22. The average Bonchev–Trinajstić information content (AvgIpc) is 2.16. The number of hydrogen-bond donors (Lipinski definition) is 0. The van der Waals surface area contributed by atoms with Crippen molar-refractivity contribution in [1.82, 2.24) is 4.90 Å². The van der Waals surface area contributed by atoms with Crippen LogP contribution in [-0.4, -0.2) is 31.5 Å². The molecule has 1 aliphatic heterocycles. The summed E-state index contributed by atoms with van der Waals surface area (Å²) >= 11 is 0. The van der Waals surface area contributed by atoms with E-state index in [1.165, 1.54) is 0 Å². The van der Waals surface area contributed by atoms with E-state index in [0.717, 1.165) is 32.4 Å². The minimum absolute atomic E-state index is 0. The Morgan fingerprint density at radius 3 is 2.56 bits per heavy atom. The smallest absolute Gasteiger partial charge is 0.445 e. The van der Waals surface area contributed by atoms with Crippen LogP contribution in [0.15, 0.2) is 12.1 Å². The van der Waals surface area contributed by atoms with E-state index in [-0.39, 0.29) is 57.9 Å². The Labute approximate surface area is 138 Å². The largest absolute Gasteiger partial charge is 1.00 e. The monoisotopic (exact) mass is 259 g/mol. The molecule has 0 bridgehead atoms. The van der Waals surface area contributed by atoms with Crippen molar-refractivity contribution >= 4 is 6.98 Å². The molecule has 1 saturated heterocycles. The summed E-state index contributed by atoms with van der Waals surface area (Å²) in [5.74, 6) is 0.562. The topological polar surface area (TPSA) is 3.24 Å². The first kappa shape index (κ1) is 17.2. The molecule has 1 nitrogen and oxygen atoms in total. The van der Waals surface area contributed by atoms with Crippen LogP contribution in [0.25, 0.3) is 0 Å². The average molecular weight is 259 g/mol. The molecule has 0 saturated carbocycles. The fourth-order valence-electron chi connectivity index (χ4n) is 2.02. The molecule has 16 heavy (non-hydrogen) atoms. The summed E-state index contributed by atoms with van der Waals surface area (Å²) in [6, 6.07) is 0. The quantitative estimate of drug-likeness (QED) is 0.645. The second kappa shape index (κ2) is 7.59. The Morgan fingerprint density at radius 1 is 1.44 bits per heavy atom. The van der Waals surface area contributed by atoms with Gasteiger partial charge in [-0.1, -0.05) is 13.3 Å². The Balaban J connectivity index is 0.00000225. The van der Waals surface area contributed by atoms with E-state index in [2.05, 4.69) is 13.5 Å². The Kier molecular flexibility index (Phi) is 8.15. The number of nitrogens with zero attached hydrogens (tertiary/aromatic N) is 1. The Bertz CT molecular complexity index is 233. The van der Waals surface area contributed by atoms with Gasteiger partial charge in [0.05, 0.1) is 0 Å². The molecule has 1 aliphatic rings. The third-order valence-electron chi connectivity index (χ3n) is 3.07. The molecule has 0 aromatic heterocycles. The first-order valence-corrected chi connectivity index (χ1v) is 5.53. The van der Waals surface area contributed by atoms with Gasteiger partial charge in [0, 0.05) is 6.54 Å². The molecule has 1 atom stereocenters. The van der Waals surface area contributed by atoms with Crippen molar-refractivity contribution in [3.05, 3.63) is 12.1 Å². The summed E-state index contributed by atoms with van der Waals surface area (Å²) in [4.78, 5) is 1.88. The van der Waals surface area contributed by atoms with Crippen LogP contribution in [0.3, 0.4) is 0 Å². The molecular formula is C10H18BF3KN. The number of hydrogen-bond acceptors (Lipinski definition) is 1. The van der Waals surface area contributed by atoms with Crippen molar-refractivity contribution in [2.24, 2.45) is 5.92 Å². The molecule has 0 aromatic rings. The summed E-state index contributed by atoms with van der Waals surface area (Å²) < 4.78 is 37.0. The number of likely N-dealkylation sites (tertiary alicyclic amines) is 1. The Morgan fingerprint density at radius 2 is 2.06 bits per heavy atom. The van der Waals surface area contributed by atoms with Crippen molar-refractivity contribution < 1.29 is 64.3 Å². The first-order chi connectivity index (χ1) is 6.93. The predicted octanol–water partition coefficient (Wildman–Crippen LogP) is 0.0552. The molecule has 1 unspecified atom stereocenters. The summed E-state index contributed by atoms with van der Waals surface area (Å²) in [5, 5.41) is 0. The molecule has 6 heteroatoms. The zero-order chi connectivity index (χ0) is 11.5. The molecular weight excluding hydrogens is 241 g/mol. The van der Waals surface area contributed by atoms with Crippen LogP contribution in [0.4, 0.5) is 12.9 Å². The zero-order valence-electron chi connectivity index (χ0n) is 10.2. The van der Waals surface area contributed by atoms with Gasteiger partial charge in [0.1, 0.15) is 0 Å². The van der Waals surface area contributed by atoms with Crippen LogP contribution in [-0.2, 0) is 0 Å². The molecule has 0 N–H and O–H groups in total. The van der Waals surface area contributed by atoms with Gasteiger partial charge in [0.2, 0.25) is 0 Å². The molecule has 1 heterocycles. The van der Waals surface area contributed by atoms with Crippen molar-refractivity contribution in [2.45, 2.75) is 26.2 Å². The van der Waals surface area contributed by atoms with Gasteiger partial charge in [-0.25, -0.2) is 0 Å². The van der Waals surface area contributed by atoms with Crippen molar-refractivity contribution in [2.75, 3.05) is 19.6 Å². The molecule has 0 aliphatic carbocycles. The summed E-state index contributed by atoms with van der Waals surface area (Å²) in [7, 11) is 0. The van der Waals surface area contributed by atoms with E-state index in [4.69, 9.17) is 0 Å². The van der Waals surface area contributed by atoms with Crippen molar-refractivity contribution in [1.29, 1.82) is 0 Å². The summed E-state index contributed by atoms with van der Waals surface area (Å²) in [6.45, 7) is 1.94. The zero-order valence-corrected chi connectivity index (χ0v) is 13.3. The maximum absolute atomic E-state index is 12.3. The predicted molar refractivity (Wildman–Crippen MR) is 57.7 cm³/mol. The fraction of sp³-hybridized carbons (Fsp3) is 0.800. The molecule has 0 spiro atoms.